The molecule has 1 aromatic heterocycles. The number of esters is 1. The molecule has 4 nitrogen and oxygen atoms in total. The zero-order chi connectivity index (χ0) is 13.0. The largest absolute Gasteiger partial charge is 0.507 e. The van der Waals surface area contributed by atoms with E-state index >= 15 is 0 Å². The molecule has 0 saturated carbocycles. The van der Waals surface area contributed by atoms with E-state index in [1.54, 1.807) is 18.4 Å². The van der Waals surface area contributed by atoms with Gasteiger partial charge in [0.25, 0.3) is 0 Å². The summed E-state index contributed by atoms with van der Waals surface area (Å²) in [6.07, 6.45) is 4.38. The van der Waals surface area contributed by atoms with E-state index in [-0.39, 0.29) is 11.7 Å². The Morgan fingerprint density at radius 1 is 1.33 bits per heavy atom. The molecule has 1 aromatic carbocycles. The number of phenolic OH excluding ortho intramolecular Hbond substituents is 1. The van der Waals surface area contributed by atoms with Crippen LogP contribution in [0.3, 0.4) is 0 Å². The summed E-state index contributed by atoms with van der Waals surface area (Å²) in [6, 6.07) is 5.36. The van der Waals surface area contributed by atoms with E-state index in [4.69, 9.17) is 4.42 Å². The molecule has 0 radical (unpaired) electrons. The van der Waals surface area contributed by atoms with E-state index in [2.05, 4.69) is 4.74 Å². The van der Waals surface area contributed by atoms with Gasteiger partial charge in [-0.1, -0.05) is 12.1 Å². The van der Waals surface area contributed by atoms with Gasteiger partial charge in [-0.2, -0.15) is 0 Å². The Labute approximate surface area is 105 Å². The lowest BCUT2D eigenvalue weighted by molar-refractivity contribution is -0.140. The maximum Gasteiger partial charge on any atom is 0.305 e. The summed E-state index contributed by atoms with van der Waals surface area (Å²) in [5.74, 6) is 0.903. The average molecular weight is 248 g/mol. The zero-order valence-corrected chi connectivity index (χ0v) is 10.3. The van der Waals surface area contributed by atoms with Gasteiger partial charge in [-0.05, 0) is 18.9 Å². The van der Waals surface area contributed by atoms with Crippen molar-refractivity contribution in [1.82, 2.24) is 0 Å². The van der Waals surface area contributed by atoms with Gasteiger partial charge >= 0.3 is 5.97 Å². The Kier molecular flexibility index (Phi) is 3.87. The van der Waals surface area contributed by atoms with Crippen molar-refractivity contribution in [3.05, 3.63) is 30.2 Å². The number of rotatable bonds is 5. The lowest BCUT2D eigenvalue weighted by Crippen LogP contribution is -1.99. The molecule has 18 heavy (non-hydrogen) atoms. The number of aromatic hydroxyl groups is 1. The summed E-state index contributed by atoms with van der Waals surface area (Å²) >= 11 is 0. The number of unbranched alkanes of at least 4 members (excludes halogenated alkanes) is 1. The number of benzene rings is 1. The van der Waals surface area contributed by atoms with Crippen molar-refractivity contribution in [2.75, 3.05) is 7.11 Å². The molecule has 0 aliphatic carbocycles. The van der Waals surface area contributed by atoms with Crippen molar-refractivity contribution in [3.8, 4) is 5.75 Å². The molecule has 0 aliphatic rings. The molecule has 1 N–H and O–H groups in total. The highest BCUT2D eigenvalue weighted by Crippen LogP contribution is 2.29. The molecule has 0 atom stereocenters. The van der Waals surface area contributed by atoms with Gasteiger partial charge in [-0.25, -0.2) is 0 Å². The lowest BCUT2D eigenvalue weighted by atomic mass is 10.1. The molecule has 0 aliphatic heterocycles. The first-order valence-corrected chi connectivity index (χ1v) is 5.97. The molecule has 0 fully saturated rings. The summed E-state index contributed by atoms with van der Waals surface area (Å²) in [4.78, 5) is 11.0. The number of fused-ring (bicyclic) bond motifs is 1. The van der Waals surface area contributed by atoms with Crippen LogP contribution in [-0.4, -0.2) is 18.2 Å². The Morgan fingerprint density at radius 3 is 2.94 bits per heavy atom. The molecule has 4 heteroatoms. The monoisotopic (exact) mass is 248 g/mol. The van der Waals surface area contributed by atoms with Crippen molar-refractivity contribution in [2.24, 2.45) is 0 Å². The molecular weight excluding hydrogens is 232 g/mol. The molecule has 96 valence electrons. The van der Waals surface area contributed by atoms with Crippen LogP contribution in [0.4, 0.5) is 0 Å². The molecule has 0 amide bonds. The topological polar surface area (TPSA) is 59.7 Å². The smallest absolute Gasteiger partial charge is 0.305 e. The Morgan fingerprint density at radius 2 is 2.17 bits per heavy atom. The second kappa shape index (κ2) is 5.58. The summed E-state index contributed by atoms with van der Waals surface area (Å²) in [6.45, 7) is 0. The van der Waals surface area contributed by atoms with Crippen molar-refractivity contribution >= 4 is 16.7 Å². The third kappa shape index (κ3) is 2.64. The van der Waals surface area contributed by atoms with E-state index in [0.717, 1.165) is 35.8 Å². The molecule has 0 spiro atoms. The minimum absolute atomic E-state index is 0.183. The number of phenols is 1. The second-order valence-corrected chi connectivity index (χ2v) is 4.18. The third-order valence-corrected chi connectivity index (χ3v) is 2.96. The number of furan rings is 1. The fraction of sp³-hybridized carbons (Fsp3) is 0.357. The summed E-state index contributed by atoms with van der Waals surface area (Å²) in [5.41, 5.74) is 0. The van der Waals surface area contributed by atoms with Gasteiger partial charge in [0.15, 0.2) is 0 Å². The fourth-order valence-corrected chi connectivity index (χ4v) is 1.96. The normalized spacial score (nSPS) is 10.7. The van der Waals surface area contributed by atoms with E-state index in [1.807, 2.05) is 6.07 Å². The number of hydrogen-bond donors (Lipinski definition) is 1. The fourth-order valence-electron chi connectivity index (χ4n) is 1.96. The Bertz CT molecular complexity index is 542. The highest BCUT2D eigenvalue weighted by atomic mass is 16.5. The van der Waals surface area contributed by atoms with Crippen LogP contribution in [0.2, 0.25) is 0 Å². The van der Waals surface area contributed by atoms with E-state index in [0.29, 0.717) is 6.42 Å². The molecule has 1 heterocycles. The molecule has 0 bridgehead atoms. The molecule has 0 unspecified atom stereocenters. The summed E-state index contributed by atoms with van der Waals surface area (Å²) in [7, 11) is 1.39. The van der Waals surface area contributed by atoms with Crippen molar-refractivity contribution in [3.63, 3.8) is 0 Å². The second-order valence-electron chi connectivity index (χ2n) is 4.18. The van der Waals surface area contributed by atoms with Gasteiger partial charge < -0.3 is 14.3 Å². The minimum atomic E-state index is -0.183. The van der Waals surface area contributed by atoms with Crippen LogP contribution < -0.4 is 0 Å². The summed E-state index contributed by atoms with van der Waals surface area (Å²) < 4.78 is 10.0. The average Bonchev–Trinajstić information content (AvgIpc) is 2.79. The quantitative estimate of drug-likeness (QED) is 0.652. The minimum Gasteiger partial charge on any atom is -0.507 e. The first-order valence-electron chi connectivity index (χ1n) is 5.97. The standard InChI is InChI=1S/C14H16O4/c1-17-14(16)8-3-2-7-13-10-5-4-6-12(15)11(10)9-18-13/h4-6,9,15H,2-3,7-8H2,1H3. The van der Waals surface area contributed by atoms with Crippen LogP contribution in [0.5, 0.6) is 5.75 Å². The molecule has 0 saturated heterocycles. The maximum absolute atomic E-state index is 11.0. The molecular formula is C14H16O4. The SMILES string of the molecule is COC(=O)CCCCc1occ2c(O)cccc12. The zero-order valence-electron chi connectivity index (χ0n) is 10.3. The first-order chi connectivity index (χ1) is 8.72. The number of aryl methyl sites for hydroxylation is 1. The van der Waals surface area contributed by atoms with Crippen molar-refractivity contribution in [2.45, 2.75) is 25.7 Å². The van der Waals surface area contributed by atoms with Gasteiger partial charge in [0.05, 0.1) is 12.5 Å². The predicted octanol–water partition coefficient (Wildman–Crippen LogP) is 3.02. The third-order valence-electron chi connectivity index (χ3n) is 2.96. The van der Waals surface area contributed by atoms with E-state index < -0.39 is 0 Å². The first kappa shape index (κ1) is 12.5. The van der Waals surface area contributed by atoms with Gasteiger partial charge in [-0.3, -0.25) is 4.79 Å². The van der Waals surface area contributed by atoms with Gasteiger partial charge in [0, 0.05) is 18.2 Å². The van der Waals surface area contributed by atoms with E-state index in [9.17, 15) is 9.90 Å². The molecule has 2 rings (SSSR count). The Balaban J connectivity index is 1.96. The highest BCUT2D eigenvalue weighted by Gasteiger charge is 2.09. The van der Waals surface area contributed by atoms with Gasteiger partial charge in [0.1, 0.15) is 17.8 Å². The molecule has 2 aromatic rings. The Hall–Kier alpha value is -1.97. The highest BCUT2D eigenvalue weighted by molar-refractivity contribution is 5.89. The number of hydrogen-bond acceptors (Lipinski definition) is 4. The van der Waals surface area contributed by atoms with Crippen molar-refractivity contribution < 1.29 is 19.1 Å². The van der Waals surface area contributed by atoms with Crippen LogP contribution >= 0.6 is 0 Å². The van der Waals surface area contributed by atoms with Crippen molar-refractivity contribution in [1.29, 1.82) is 0 Å². The van der Waals surface area contributed by atoms with Crippen LogP contribution in [0.25, 0.3) is 10.8 Å². The lowest BCUT2D eigenvalue weighted by Gasteiger charge is -1.99. The predicted molar refractivity (Wildman–Crippen MR) is 67.4 cm³/mol. The number of carbonyl (C=O) groups is 1. The number of methoxy groups -OCH3 is 1. The number of ether oxygens (including phenoxy) is 1. The van der Waals surface area contributed by atoms with Crippen LogP contribution in [-0.2, 0) is 16.0 Å². The summed E-state index contributed by atoms with van der Waals surface area (Å²) in [5, 5.41) is 11.3. The van der Waals surface area contributed by atoms with Crippen LogP contribution in [0, 0.1) is 0 Å². The van der Waals surface area contributed by atoms with Crippen LogP contribution in [0.15, 0.2) is 28.9 Å². The van der Waals surface area contributed by atoms with Crippen LogP contribution in [0.1, 0.15) is 25.0 Å². The number of carbonyl (C=O) groups excluding carboxylic acids is 1. The maximum atomic E-state index is 11.0. The van der Waals surface area contributed by atoms with E-state index in [1.165, 1.54) is 7.11 Å². The van der Waals surface area contributed by atoms with Gasteiger partial charge in [0.2, 0.25) is 0 Å². The van der Waals surface area contributed by atoms with Gasteiger partial charge in [-0.15, -0.1) is 0 Å².